The van der Waals surface area contributed by atoms with Crippen molar-refractivity contribution < 1.29 is 32.6 Å². The molecule has 1 fully saturated rings. The molecule has 0 radical (unpaired) electrons. The first-order valence-electron chi connectivity index (χ1n) is 5.17. The number of amides is 1. The number of halogens is 3. The standard InChI is InChI=1S/C11H8F3NO4/c12-11(13,14)6-2-1-3-7(4-6)15-5-8(9(16)17)19-10(15)18/h1-4,8H,5H2,(H,16,17)/t8-/m1/s1. The second-order valence-corrected chi connectivity index (χ2v) is 3.87. The first-order chi connectivity index (χ1) is 8.79. The Balaban J connectivity index is 2.28. The summed E-state index contributed by atoms with van der Waals surface area (Å²) < 4.78 is 42.1. The van der Waals surface area contributed by atoms with Crippen LogP contribution in [0.1, 0.15) is 5.56 Å². The summed E-state index contributed by atoms with van der Waals surface area (Å²) in [6.07, 6.45) is -6.89. The molecule has 1 aliphatic heterocycles. The van der Waals surface area contributed by atoms with E-state index in [2.05, 4.69) is 4.74 Å². The van der Waals surface area contributed by atoms with Crippen molar-refractivity contribution >= 4 is 17.7 Å². The largest absolute Gasteiger partial charge is 0.478 e. The normalized spacial score (nSPS) is 19.4. The van der Waals surface area contributed by atoms with E-state index >= 15 is 0 Å². The highest BCUT2D eigenvalue weighted by Gasteiger charge is 2.38. The second-order valence-electron chi connectivity index (χ2n) is 3.87. The van der Waals surface area contributed by atoms with E-state index in [9.17, 15) is 22.8 Å². The minimum Gasteiger partial charge on any atom is -0.478 e. The lowest BCUT2D eigenvalue weighted by atomic mass is 10.2. The Labute approximate surface area is 105 Å². The highest BCUT2D eigenvalue weighted by atomic mass is 19.4. The minimum atomic E-state index is -4.54. The van der Waals surface area contributed by atoms with Gasteiger partial charge in [0.15, 0.2) is 0 Å². The molecule has 1 amide bonds. The van der Waals surface area contributed by atoms with Gasteiger partial charge >= 0.3 is 18.2 Å². The van der Waals surface area contributed by atoms with Crippen LogP contribution in [0.15, 0.2) is 24.3 Å². The molecule has 1 heterocycles. The Morgan fingerprint density at radius 3 is 2.63 bits per heavy atom. The van der Waals surface area contributed by atoms with Crippen LogP contribution in [0.5, 0.6) is 0 Å². The summed E-state index contributed by atoms with van der Waals surface area (Å²) in [6, 6.07) is 4.05. The molecule has 0 spiro atoms. The van der Waals surface area contributed by atoms with Gasteiger partial charge in [-0.15, -0.1) is 0 Å². The van der Waals surface area contributed by atoms with Crippen molar-refractivity contribution in [1.29, 1.82) is 0 Å². The third kappa shape index (κ3) is 2.61. The molecule has 0 saturated carbocycles. The van der Waals surface area contributed by atoms with Crippen LogP contribution in [0, 0.1) is 0 Å². The predicted molar refractivity (Wildman–Crippen MR) is 56.7 cm³/mol. The van der Waals surface area contributed by atoms with Gasteiger partial charge in [0.2, 0.25) is 6.10 Å². The third-order valence-electron chi connectivity index (χ3n) is 2.57. The third-order valence-corrected chi connectivity index (χ3v) is 2.57. The smallest absolute Gasteiger partial charge is 0.416 e. The lowest BCUT2D eigenvalue weighted by molar-refractivity contribution is -0.144. The molecule has 0 unspecified atom stereocenters. The molecule has 1 aliphatic rings. The van der Waals surface area contributed by atoms with Gasteiger partial charge in [-0.3, -0.25) is 4.90 Å². The van der Waals surface area contributed by atoms with E-state index in [-0.39, 0.29) is 12.2 Å². The Hall–Kier alpha value is -2.25. The average molecular weight is 275 g/mol. The zero-order valence-electron chi connectivity index (χ0n) is 9.35. The van der Waals surface area contributed by atoms with Gasteiger partial charge in [0.25, 0.3) is 0 Å². The van der Waals surface area contributed by atoms with Crippen molar-refractivity contribution in [2.24, 2.45) is 0 Å². The van der Waals surface area contributed by atoms with E-state index in [0.717, 1.165) is 23.1 Å². The molecule has 1 atom stereocenters. The number of carboxylic acids is 1. The Morgan fingerprint density at radius 2 is 2.11 bits per heavy atom. The highest BCUT2D eigenvalue weighted by Crippen LogP contribution is 2.32. The summed E-state index contributed by atoms with van der Waals surface area (Å²) in [4.78, 5) is 22.9. The monoisotopic (exact) mass is 275 g/mol. The molecule has 1 aromatic carbocycles. The molecule has 1 N–H and O–H groups in total. The van der Waals surface area contributed by atoms with Crippen LogP contribution in [0.4, 0.5) is 23.7 Å². The van der Waals surface area contributed by atoms with Gasteiger partial charge in [-0.05, 0) is 18.2 Å². The number of carboxylic acid groups (broad SMARTS) is 1. The topological polar surface area (TPSA) is 66.8 Å². The molecular formula is C11H8F3NO4. The Kier molecular flexibility index (Phi) is 3.09. The fourth-order valence-corrected chi connectivity index (χ4v) is 1.65. The number of cyclic esters (lactones) is 1. The second kappa shape index (κ2) is 4.45. The van der Waals surface area contributed by atoms with Crippen LogP contribution in [0.25, 0.3) is 0 Å². The highest BCUT2D eigenvalue weighted by molar-refractivity contribution is 5.93. The fourth-order valence-electron chi connectivity index (χ4n) is 1.65. The van der Waals surface area contributed by atoms with Gasteiger partial charge in [0.1, 0.15) is 0 Å². The fraction of sp³-hybridized carbons (Fsp3) is 0.273. The first kappa shape index (κ1) is 13.2. The maximum absolute atomic E-state index is 12.5. The van der Waals surface area contributed by atoms with Crippen LogP contribution in [-0.4, -0.2) is 29.8 Å². The average Bonchev–Trinajstić information content (AvgIpc) is 2.71. The number of benzene rings is 1. The molecule has 102 valence electrons. The van der Waals surface area contributed by atoms with Gasteiger partial charge in [0.05, 0.1) is 12.1 Å². The Morgan fingerprint density at radius 1 is 1.42 bits per heavy atom. The first-order valence-corrected chi connectivity index (χ1v) is 5.17. The molecule has 1 aromatic rings. The minimum absolute atomic E-state index is 0.0522. The van der Waals surface area contributed by atoms with Gasteiger partial charge in [-0.25, -0.2) is 9.59 Å². The number of rotatable bonds is 2. The van der Waals surface area contributed by atoms with E-state index in [1.54, 1.807) is 0 Å². The lowest BCUT2D eigenvalue weighted by Crippen LogP contribution is -2.27. The number of hydrogen-bond acceptors (Lipinski definition) is 3. The van der Waals surface area contributed by atoms with Crippen LogP contribution < -0.4 is 4.90 Å². The van der Waals surface area contributed by atoms with Crippen LogP contribution in [0.3, 0.4) is 0 Å². The van der Waals surface area contributed by atoms with Crippen LogP contribution >= 0.6 is 0 Å². The molecule has 5 nitrogen and oxygen atoms in total. The summed E-state index contributed by atoms with van der Waals surface area (Å²) in [5.41, 5.74) is -0.972. The molecule has 0 bridgehead atoms. The molecular weight excluding hydrogens is 267 g/mol. The zero-order chi connectivity index (χ0) is 14.2. The van der Waals surface area contributed by atoms with Gasteiger partial charge in [-0.2, -0.15) is 13.2 Å². The van der Waals surface area contributed by atoms with Crippen LogP contribution in [-0.2, 0) is 15.7 Å². The molecule has 19 heavy (non-hydrogen) atoms. The predicted octanol–water partition coefficient (Wildman–Crippen LogP) is 2.12. The summed E-state index contributed by atoms with van der Waals surface area (Å²) in [5, 5.41) is 8.70. The van der Waals surface area contributed by atoms with E-state index in [4.69, 9.17) is 5.11 Å². The summed E-state index contributed by atoms with van der Waals surface area (Å²) in [6.45, 7) is -0.324. The molecule has 0 aliphatic carbocycles. The maximum Gasteiger partial charge on any atom is 0.416 e. The van der Waals surface area contributed by atoms with E-state index < -0.39 is 29.9 Å². The molecule has 2 rings (SSSR count). The number of nitrogens with zero attached hydrogens (tertiary/aromatic N) is 1. The Bertz CT molecular complexity index is 529. The molecule has 0 aromatic heterocycles. The summed E-state index contributed by atoms with van der Waals surface area (Å²) in [5.74, 6) is -1.34. The van der Waals surface area contributed by atoms with Crippen molar-refractivity contribution in [3.63, 3.8) is 0 Å². The van der Waals surface area contributed by atoms with E-state index in [1.807, 2.05) is 0 Å². The van der Waals surface area contributed by atoms with E-state index in [1.165, 1.54) is 6.07 Å². The number of carbonyl (C=O) groups is 2. The number of alkyl halides is 3. The van der Waals surface area contributed by atoms with Crippen molar-refractivity contribution in [3.8, 4) is 0 Å². The number of hydrogen-bond donors (Lipinski definition) is 1. The molecule has 1 saturated heterocycles. The SMILES string of the molecule is O=C(O)[C@H]1CN(c2cccc(C(F)(F)F)c2)C(=O)O1. The van der Waals surface area contributed by atoms with E-state index in [0.29, 0.717) is 0 Å². The zero-order valence-corrected chi connectivity index (χ0v) is 9.35. The lowest BCUT2D eigenvalue weighted by Gasteiger charge is -2.14. The van der Waals surface area contributed by atoms with Gasteiger partial charge in [0, 0.05) is 5.69 Å². The van der Waals surface area contributed by atoms with Crippen molar-refractivity contribution in [3.05, 3.63) is 29.8 Å². The number of anilines is 1. The maximum atomic E-state index is 12.5. The number of ether oxygens (including phenoxy) is 1. The molecule has 8 heteroatoms. The van der Waals surface area contributed by atoms with Crippen molar-refractivity contribution in [2.45, 2.75) is 12.3 Å². The quantitative estimate of drug-likeness (QED) is 0.897. The number of carbonyl (C=O) groups excluding carboxylic acids is 1. The van der Waals surface area contributed by atoms with Gasteiger partial charge < -0.3 is 9.84 Å². The summed E-state index contributed by atoms with van der Waals surface area (Å²) >= 11 is 0. The number of aliphatic carboxylic acids is 1. The summed E-state index contributed by atoms with van der Waals surface area (Å²) in [7, 11) is 0. The van der Waals surface area contributed by atoms with Crippen molar-refractivity contribution in [1.82, 2.24) is 0 Å². The van der Waals surface area contributed by atoms with Crippen LogP contribution in [0.2, 0.25) is 0 Å². The van der Waals surface area contributed by atoms with Gasteiger partial charge in [-0.1, -0.05) is 6.07 Å². The van der Waals surface area contributed by atoms with Crippen molar-refractivity contribution in [2.75, 3.05) is 11.4 Å².